The zero-order valence-corrected chi connectivity index (χ0v) is 11.2. The summed E-state index contributed by atoms with van der Waals surface area (Å²) in [6.07, 6.45) is 0.966. The molecule has 0 saturated heterocycles. The van der Waals surface area contributed by atoms with Gasteiger partial charge in [-0.3, -0.25) is 4.98 Å². The molecule has 0 saturated carbocycles. The predicted octanol–water partition coefficient (Wildman–Crippen LogP) is 2.28. The van der Waals surface area contributed by atoms with Gasteiger partial charge in [0.25, 0.3) is 0 Å². The molecular formula is C16H19N3. The summed E-state index contributed by atoms with van der Waals surface area (Å²) in [5, 5.41) is 0. The molecule has 0 aliphatic carbocycles. The Labute approximate surface area is 114 Å². The third kappa shape index (κ3) is 2.61. The maximum Gasteiger partial charge on any atom is 0.0602 e. The van der Waals surface area contributed by atoms with E-state index in [4.69, 9.17) is 5.73 Å². The molecule has 1 atom stereocenters. The fourth-order valence-corrected chi connectivity index (χ4v) is 2.75. The number of hydrogen-bond donors (Lipinski definition) is 1. The number of fused-ring (bicyclic) bond motifs is 1. The van der Waals surface area contributed by atoms with Crippen molar-refractivity contribution in [2.75, 3.05) is 11.4 Å². The minimum atomic E-state index is 0.208. The zero-order chi connectivity index (χ0) is 13.2. The molecule has 1 aromatic carbocycles. The van der Waals surface area contributed by atoms with Crippen molar-refractivity contribution in [2.45, 2.75) is 25.9 Å². The molecule has 19 heavy (non-hydrogen) atoms. The highest BCUT2D eigenvalue weighted by molar-refractivity contribution is 5.56. The summed E-state index contributed by atoms with van der Waals surface area (Å²) >= 11 is 0. The van der Waals surface area contributed by atoms with Gasteiger partial charge < -0.3 is 10.6 Å². The Morgan fingerprint density at radius 3 is 2.89 bits per heavy atom. The monoisotopic (exact) mass is 253 g/mol. The second kappa shape index (κ2) is 5.02. The van der Waals surface area contributed by atoms with E-state index < -0.39 is 0 Å². The highest BCUT2D eigenvalue weighted by Gasteiger charge is 2.21. The minimum absolute atomic E-state index is 0.208. The normalized spacial score (nSPS) is 18.2. The second-order valence-corrected chi connectivity index (χ2v) is 5.24. The number of nitrogens with two attached hydrogens (primary N) is 1. The smallest absolute Gasteiger partial charge is 0.0602 e. The van der Waals surface area contributed by atoms with Crippen LogP contribution in [0, 0.1) is 6.92 Å². The standard InChI is InChI=1S/C16H19N3/c1-12-5-4-7-15(18-12)11-19-10-14(17)9-13-6-2-3-8-16(13)19/h2-8,14H,9-11,17H2,1H3. The van der Waals surface area contributed by atoms with Crippen molar-refractivity contribution in [2.24, 2.45) is 5.73 Å². The number of aromatic nitrogens is 1. The number of anilines is 1. The summed E-state index contributed by atoms with van der Waals surface area (Å²) in [5.41, 5.74) is 11.0. The summed E-state index contributed by atoms with van der Waals surface area (Å²) < 4.78 is 0. The van der Waals surface area contributed by atoms with Gasteiger partial charge in [-0.25, -0.2) is 0 Å². The largest absolute Gasteiger partial charge is 0.364 e. The molecule has 2 heterocycles. The van der Waals surface area contributed by atoms with E-state index in [-0.39, 0.29) is 6.04 Å². The molecule has 1 aliphatic rings. The van der Waals surface area contributed by atoms with Crippen LogP contribution in [0.1, 0.15) is 17.0 Å². The molecule has 3 nitrogen and oxygen atoms in total. The summed E-state index contributed by atoms with van der Waals surface area (Å²) in [6.45, 7) is 3.75. The third-order valence-electron chi connectivity index (χ3n) is 3.57. The maximum atomic E-state index is 6.16. The molecule has 0 radical (unpaired) electrons. The van der Waals surface area contributed by atoms with Gasteiger partial charge in [0.2, 0.25) is 0 Å². The topological polar surface area (TPSA) is 42.1 Å². The molecule has 0 amide bonds. The Hall–Kier alpha value is -1.87. The van der Waals surface area contributed by atoms with Crippen LogP contribution in [0.2, 0.25) is 0 Å². The van der Waals surface area contributed by atoms with Gasteiger partial charge in [0.15, 0.2) is 0 Å². The van der Waals surface area contributed by atoms with E-state index in [1.54, 1.807) is 0 Å². The number of para-hydroxylation sites is 1. The van der Waals surface area contributed by atoms with E-state index in [0.29, 0.717) is 0 Å². The molecule has 2 N–H and O–H groups in total. The van der Waals surface area contributed by atoms with Gasteiger partial charge >= 0.3 is 0 Å². The molecule has 98 valence electrons. The van der Waals surface area contributed by atoms with Crippen molar-refractivity contribution in [3.05, 3.63) is 59.4 Å². The lowest BCUT2D eigenvalue weighted by Crippen LogP contribution is -2.43. The quantitative estimate of drug-likeness (QED) is 0.893. The van der Waals surface area contributed by atoms with Gasteiger partial charge in [-0.15, -0.1) is 0 Å². The van der Waals surface area contributed by atoms with Gasteiger partial charge in [-0.05, 0) is 37.1 Å². The van der Waals surface area contributed by atoms with Crippen molar-refractivity contribution >= 4 is 5.69 Å². The number of pyridine rings is 1. The third-order valence-corrected chi connectivity index (χ3v) is 3.57. The first-order valence-corrected chi connectivity index (χ1v) is 6.73. The fraction of sp³-hybridized carbons (Fsp3) is 0.312. The number of hydrogen-bond acceptors (Lipinski definition) is 3. The van der Waals surface area contributed by atoms with Crippen LogP contribution in [0.15, 0.2) is 42.5 Å². The van der Waals surface area contributed by atoms with Crippen LogP contribution in [-0.4, -0.2) is 17.6 Å². The van der Waals surface area contributed by atoms with E-state index in [1.807, 2.05) is 13.0 Å². The van der Waals surface area contributed by atoms with Crippen LogP contribution in [0.25, 0.3) is 0 Å². The molecule has 3 heteroatoms. The lowest BCUT2D eigenvalue weighted by atomic mass is 9.98. The minimum Gasteiger partial charge on any atom is -0.364 e. The molecule has 0 fully saturated rings. The average Bonchev–Trinajstić information content (AvgIpc) is 2.38. The van der Waals surface area contributed by atoms with E-state index in [9.17, 15) is 0 Å². The Bertz CT molecular complexity index is 580. The van der Waals surface area contributed by atoms with Gasteiger partial charge in [0.1, 0.15) is 0 Å². The SMILES string of the molecule is Cc1cccc(CN2CC(N)Cc3ccccc32)n1. The van der Waals surface area contributed by atoms with Crippen molar-refractivity contribution in [3.63, 3.8) is 0 Å². The lowest BCUT2D eigenvalue weighted by molar-refractivity contribution is 0.595. The Morgan fingerprint density at radius 2 is 2.05 bits per heavy atom. The van der Waals surface area contributed by atoms with E-state index in [1.165, 1.54) is 11.3 Å². The first kappa shape index (κ1) is 12.2. The molecular weight excluding hydrogens is 234 g/mol. The molecule has 0 bridgehead atoms. The van der Waals surface area contributed by atoms with Crippen molar-refractivity contribution in [1.29, 1.82) is 0 Å². The Balaban J connectivity index is 1.89. The summed E-state index contributed by atoms with van der Waals surface area (Å²) in [5.74, 6) is 0. The van der Waals surface area contributed by atoms with Crippen LogP contribution in [0.5, 0.6) is 0 Å². The van der Waals surface area contributed by atoms with Crippen LogP contribution >= 0.6 is 0 Å². The van der Waals surface area contributed by atoms with Crippen LogP contribution < -0.4 is 10.6 Å². The van der Waals surface area contributed by atoms with Crippen LogP contribution in [0.3, 0.4) is 0 Å². The summed E-state index contributed by atoms with van der Waals surface area (Å²) in [4.78, 5) is 6.92. The summed E-state index contributed by atoms with van der Waals surface area (Å²) in [7, 11) is 0. The number of aryl methyl sites for hydroxylation is 1. The van der Waals surface area contributed by atoms with Crippen LogP contribution in [-0.2, 0) is 13.0 Å². The van der Waals surface area contributed by atoms with Gasteiger partial charge in [-0.1, -0.05) is 24.3 Å². The Kier molecular flexibility index (Phi) is 3.22. The first-order chi connectivity index (χ1) is 9.22. The van der Waals surface area contributed by atoms with E-state index in [2.05, 4.69) is 46.3 Å². The zero-order valence-electron chi connectivity index (χ0n) is 11.2. The van der Waals surface area contributed by atoms with E-state index in [0.717, 1.165) is 30.9 Å². The van der Waals surface area contributed by atoms with Crippen molar-refractivity contribution < 1.29 is 0 Å². The molecule has 2 aromatic rings. The molecule has 0 spiro atoms. The van der Waals surface area contributed by atoms with Crippen molar-refractivity contribution in [3.8, 4) is 0 Å². The first-order valence-electron chi connectivity index (χ1n) is 6.73. The molecule has 1 aromatic heterocycles. The van der Waals surface area contributed by atoms with Gasteiger partial charge in [0.05, 0.1) is 12.2 Å². The van der Waals surface area contributed by atoms with Crippen molar-refractivity contribution in [1.82, 2.24) is 4.98 Å². The molecule has 1 unspecified atom stereocenters. The molecule has 3 rings (SSSR count). The number of nitrogens with zero attached hydrogens (tertiary/aromatic N) is 2. The van der Waals surface area contributed by atoms with Gasteiger partial charge in [0, 0.05) is 24.0 Å². The fourth-order valence-electron chi connectivity index (χ4n) is 2.75. The predicted molar refractivity (Wildman–Crippen MR) is 78.1 cm³/mol. The lowest BCUT2D eigenvalue weighted by Gasteiger charge is -2.34. The highest BCUT2D eigenvalue weighted by atomic mass is 15.2. The number of benzene rings is 1. The number of rotatable bonds is 2. The second-order valence-electron chi connectivity index (χ2n) is 5.24. The Morgan fingerprint density at radius 1 is 1.21 bits per heavy atom. The maximum absolute atomic E-state index is 6.16. The van der Waals surface area contributed by atoms with Gasteiger partial charge in [-0.2, -0.15) is 0 Å². The molecule has 1 aliphatic heterocycles. The average molecular weight is 253 g/mol. The van der Waals surface area contributed by atoms with E-state index >= 15 is 0 Å². The highest BCUT2D eigenvalue weighted by Crippen LogP contribution is 2.27. The van der Waals surface area contributed by atoms with Crippen LogP contribution in [0.4, 0.5) is 5.69 Å². The summed E-state index contributed by atoms with van der Waals surface area (Å²) in [6, 6.07) is 14.9.